The van der Waals surface area contributed by atoms with Crippen LogP contribution in [-0.2, 0) is 9.47 Å². The molecule has 2 unspecified atom stereocenters. The number of hydrogen-bond donors (Lipinski definition) is 0. The molecule has 0 saturated carbocycles. The Morgan fingerprint density at radius 3 is 1.20 bits per heavy atom. The number of morpholine rings is 2. The van der Waals surface area contributed by atoms with E-state index in [2.05, 4.69) is 33.7 Å². The zero-order chi connectivity index (χ0) is 32.7. The Hall–Kier alpha value is 0.660. The van der Waals surface area contributed by atoms with Crippen molar-refractivity contribution in [3.05, 3.63) is 0 Å². The number of nitrogens with zero attached hydrogens (tertiary/aromatic N) is 6. The van der Waals surface area contributed by atoms with Crippen molar-refractivity contribution in [2.45, 2.75) is 10.5 Å². The molecule has 0 aliphatic carbocycles. The molecule has 0 spiro atoms. The third kappa shape index (κ3) is 14.1. The number of piperazine rings is 2. The monoisotopic (exact) mass is 788 g/mol. The Balaban J connectivity index is 1.34. The van der Waals surface area contributed by atoms with E-state index in [1.807, 2.05) is 31.4 Å². The second-order valence-electron chi connectivity index (χ2n) is 11.5. The van der Waals surface area contributed by atoms with E-state index in [1.54, 1.807) is 23.5 Å². The van der Waals surface area contributed by atoms with Crippen LogP contribution in [0.1, 0.15) is 0 Å². The van der Waals surface area contributed by atoms with Gasteiger partial charge in [0, 0.05) is 112 Å². The Morgan fingerprint density at radius 1 is 0.522 bits per heavy atom. The van der Waals surface area contributed by atoms with Crippen molar-refractivity contribution >= 4 is 112 Å². The third-order valence-electron chi connectivity index (χ3n) is 7.96. The lowest BCUT2D eigenvalue weighted by molar-refractivity contribution is 0.0702. The van der Waals surface area contributed by atoms with E-state index in [0.29, 0.717) is 26.4 Å². The lowest BCUT2D eigenvalue weighted by Crippen LogP contribution is -2.46. The fourth-order valence-electron chi connectivity index (χ4n) is 4.86. The SMILES string of the molecule is CN1CCN(C(=O)SCC(CSC(=S)N2CCOCC2)SSC(CSC(=O)N2CCN(C)CC2)CSC(=S)N2CCOCC2)CC1. The smallest absolute Gasteiger partial charge is 0.281 e. The molecule has 46 heavy (non-hydrogen) atoms. The average Bonchev–Trinajstić information content (AvgIpc) is 3.09. The summed E-state index contributed by atoms with van der Waals surface area (Å²) in [7, 11) is 7.89. The zero-order valence-electron chi connectivity index (χ0n) is 26.9. The molecule has 4 rings (SSSR count). The average molecular weight is 789 g/mol. The molecule has 0 aromatic carbocycles. The molecule has 262 valence electrons. The van der Waals surface area contributed by atoms with E-state index < -0.39 is 0 Å². The largest absolute Gasteiger partial charge is 0.378 e. The summed E-state index contributed by atoms with van der Waals surface area (Å²) in [5.74, 6) is 3.11. The van der Waals surface area contributed by atoms with Crippen LogP contribution in [0.15, 0.2) is 0 Å². The van der Waals surface area contributed by atoms with Crippen LogP contribution in [0, 0.1) is 0 Å². The number of likely N-dealkylation sites (N-methyl/N-ethyl adjacent to an activating group) is 2. The van der Waals surface area contributed by atoms with Crippen molar-refractivity contribution in [2.24, 2.45) is 0 Å². The van der Waals surface area contributed by atoms with Crippen LogP contribution in [0.4, 0.5) is 9.59 Å². The molecule has 18 heteroatoms. The number of hydrogen-bond acceptors (Lipinski definition) is 14. The van der Waals surface area contributed by atoms with Crippen molar-refractivity contribution in [3.8, 4) is 0 Å². The minimum atomic E-state index is 0.167. The van der Waals surface area contributed by atoms with Gasteiger partial charge in [-0.05, 0) is 14.1 Å². The Morgan fingerprint density at radius 2 is 0.848 bits per heavy atom. The first-order valence-corrected chi connectivity index (χ1v) is 22.8. The Labute approximate surface area is 311 Å². The van der Waals surface area contributed by atoms with Gasteiger partial charge in [-0.25, -0.2) is 0 Å². The molecule has 10 nitrogen and oxygen atoms in total. The van der Waals surface area contributed by atoms with Gasteiger partial charge >= 0.3 is 0 Å². The topological polar surface area (TPSA) is 72.0 Å². The molecule has 0 bridgehead atoms. The van der Waals surface area contributed by atoms with Crippen molar-refractivity contribution in [1.82, 2.24) is 29.4 Å². The van der Waals surface area contributed by atoms with Crippen molar-refractivity contribution in [3.63, 3.8) is 0 Å². The number of amides is 2. The maximum absolute atomic E-state index is 13.1. The minimum absolute atomic E-state index is 0.167. The lowest BCUT2D eigenvalue weighted by atomic mass is 10.4. The summed E-state index contributed by atoms with van der Waals surface area (Å²) in [6.07, 6.45) is 0. The van der Waals surface area contributed by atoms with Crippen molar-refractivity contribution in [1.29, 1.82) is 0 Å². The van der Waals surface area contributed by atoms with Crippen LogP contribution in [0.25, 0.3) is 0 Å². The van der Waals surface area contributed by atoms with Gasteiger partial charge in [-0.15, -0.1) is 0 Å². The molecular weight excluding hydrogens is 741 g/mol. The second-order valence-corrected chi connectivity index (χ2v) is 19.6. The number of carbonyl (C=O) groups is 2. The first-order chi connectivity index (χ1) is 22.3. The fourth-order valence-corrected chi connectivity index (χ4v) is 14.1. The van der Waals surface area contributed by atoms with Crippen LogP contribution in [0.3, 0.4) is 0 Å². The highest BCUT2D eigenvalue weighted by Crippen LogP contribution is 2.38. The Bertz CT molecular complexity index is 902. The van der Waals surface area contributed by atoms with Gasteiger partial charge in [0.15, 0.2) is 0 Å². The zero-order valence-corrected chi connectivity index (χ0v) is 33.4. The van der Waals surface area contributed by atoms with Crippen molar-refractivity contribution < 1.29 is 19.1 Å². The molecule has 4 saturated heterocycles. The van der Waals surface area contributed by atoms with E-state index in [9.17, 15) is 9.59 Å². The van der Waals surface area contributed by atoms with Gasteiger partial charge in [-0.2, -0.15) is 0 Å². The second kappa shape index (κ2) is 21.8. The summed E-state index contributed by atoms with van der Waals surface area (Å²) < 4.78 is 12.8. The molecule has 0 radical (unpaired) electrons. The van der Waals surface area contributed by atoms with E-state index >= 15 is 0 Å². The minimum Gasteiger partial charge on any atom is -0.378 e. The molecule has 2 amide bonds. The standard InChI is InChI=1S/C28H48N6O4S8/c1-29-3-7-31(8-4-29)25(35)41-19-23(21-43-27(39)33-11-15-37-16-12-33)45-46-24(22-44-28(40)34-13-17-38-18-14-34)20-42-26(36)32-9-5-30(2)6-10-32/h23-24H,3-22H2,1-2H3. The van der Waals surface area contributed by atoms with Crippen LogP contribution in [-0.4, -0.2) is 201 Å². The van der Waals surface area contributed by atoms with Gasteiger partial charge in [-0.3, -0.25) is 9.59 Å². The van der Waals surface area contributed by atoms with Gasteiger partial charge in [0.25, 0.3) is 10.5 Å². The molecule has 2 atom stereocenters. The number of rotatable bonds is 11. The number of ether oxygens (including phenoxy) is 2. The molecule has 4 aliphatic heterocycles. The summed E-state index contributed by atoms with van der Waals surface area (Å²) in [5, 5.41) is 0.765. The summed E-state index contributed by atoms with van der Waals surface area (Å²) in [6, 6.07) is 0. The highest BCUT2D eigenvalue weighted by molar-refractivity contribution is 8.77. The maximum Gasteiger partial charge on any atom is 0.281 e. The van der Waals surface area contributed by atoms with Gasteiger partial charge in [0.1, 0.15) is 8.64 Å². The predicted molar refractivity (Wildman–Crippen MR) is 212 cm³/mol. The molecule has 0 aromatic rings. The number of thiocarbonyl (C=S) groups is 2. The summed E-state index contributed by atoms with van der Waals surface area (Å²) in [4.78, 5) is 39.2. The molecule has 0 aromatic heterocycles. The van der Waals surface area contributed by atoms with Crippen LogP contribution < -0.4 is 0 Å². The highest BCUT2D eigenvalue weighted by atomic mass is 33.1. The number of thioether (sulfide) groups is 4. The van der Waals surface area contributed by atoms with Crippen LogP contribution in [0.5, 0.6) is 0 Å². The summed E-state index contributed by atoms with van der Waals surface area (Å²) in [5.41, 5.74) is 0. The highest BCUT2D eigenvalue weighted by Gasteiger charge is 2.26. The predicted octanol–water partition coefficient (Wildman–Crippen LogP) is 4.01. The van der Waals surface area contributed by atoms with E-state index in [0.717, 1.165) is 110 Å². The third-order valence-corrected chi connectivity index (χ3v) is 17.6. The number of carbonyl (C=O) groups excluding carboxylic acids is 2. The Kier molecular flexibility index (Phi) is 18.7. The van der Waals surface area contributed by atoms with E-state index in [4.69, 9.17) is 33.9 Å². The van der Waals surface area contributed by atoms with Crippen molar-refractivity contribution in [2.75, 3.05) is 142 Å². The van der Waals surface area contributed by atoms with Gasteiger partial charge < -0.3 is 38.9 Å². The molecule has 0 N–H and O–H groups in total. The molecular formula is C28H48N6O4S8. The lowest BCUT2D eigenvalue weighted by Gasteiger charge is -2.32. The normalized spacial score (nSPS) is 21.7. The quantitative estimate of drug-likeness (QED) is 0.224. The molecule has 4 heterocycles. The van der Waals surface area contributed by atoms with E-state index in [1.165, 1.54) is 23.5 Å². The molecule has 4 fully saturated rings. The fraction of sp³-hybridized carbons (Fsp3) is 0.857. The first kappa shape index (κ1) is 39.4. The molecule has 4 aliphatic rings. The summed E-state index contributed by atoms with van der Waals surface area (Å²) >= 11 is 17.9. The maximum atomic E-state index is 13.1. The summed E-state index contributed by atoms with van der Waals surface area (Å²) in [6.45, 7) is 13.0. The van der Waals surface area contributed by atoms with Gasteiger partial charge in [-0.1, -0.05) is 93.1 Å². The van der Waals surface area contributed by atoms with Crippen LogP contribution in [0.2, 0.25) is 0 Å². The van der Waals surface area contributed by atoms with Gasteiger partial charge in [0.05, 0.1) is 26.4 Å². The van der Waals surface area contributed by atoms with E-state index in [-0.39, 0.29) is 21.0 Å². The first-order valence-electron chi connectivity index (χ1n) is 15.8. The van der Waals surface area contributed by atoms with Gasteiger partial charge in [0.2, 0.25) is 0 Å². The van der Waals surface area contributed by atoms with Crippen LogP contribution >= 0.6 is 93.1 Å².